The van der Waals surface area contributed by atoms with E-state index >= 15 is 0 Å². The molecule has 0 saturated carbocycles. The molecule has 10 aromatic rings. The Labute approximate surface area is 351 Å². The normalized spacial score (nSPS) is 11.0. The average molecular weight is 769 g/mol. The number of benzene rings is 9. The van der Waals surface area contributed by atoms with Crippen LogP contribution in [0.25, 0.3) is 73.0 Å². The first-order valence-corrected chi connectivity index (χ1v) is 20.3. The molecule has 284 valence electrons. The maximum atomic E-state index is 4.73. The Morgan fingerprint density at radius 1 is 0.250 bits per heavy atom. The SMILES string of the molecule is c1ccc(-c2ccc(N(c3ccccc3)c3ccc(-c4ccccc4-c4ccccc4-c4ccc(-c5nnc(-c6ccccc6)n5-c5ccccc5)cc4)cc3)cc2)cc1. The lowest BCUT2D eigenvalue weighted by molar-refractivity contribution is 1.07. The number of nitrogens with zero attached hydrogens (tertiary/aromatic N) is 4. The summed E-state index contributed by atoms with van der Waals surface area (Å²) in [7, 11) is 0. The third-order valence-electron chi connectivity index (χ3n) is 11.0. The molecule has 0 radical (unpaired) electrons. The summed E-state index contributed by atoms with van der Waals surface area (Å²) >= 11 is 0. The molecule has 1 heterocycles. The van der Waals surface area contributed by atoms with Gasteiger partial charge in [-0.1, -0.05) is 194 Å². The molecule has 0 bridgehead atoms. The minimum atomic E-state index is 0.795. The van der Waals surface area contributed by atoms with Gasteiger partial charge in [-0.15, -0.1) is 10.2 Å². The van der Waals surface area contributed by atoms with Crippen molar-refractivity contribution < 1.29 is 0 Å². The molecular weight excluding hydrogens is 729 g/mol. The summed E-state index contributed by atoms with van der Waals surface area (Å²) in [4.78, 5) is 2.31. The molecule has 0 atom stereocenters. The van der Waals surface area contributed by atoms with Gasteiger partial charge in [-0.3, -0.25) is 4.57 Å². The Bertz CT molecular complexity index is 2980. The maximum Gasteiger partial charge on any atom is 0.168 e. The van der Waals surface area contributed by atoms with E-state index in [1.54, 1.807) is 0 Å². The Morgan fingerprint density at radius 2 is 0.567 bits per heavy atom. The smallest absolute Gasteiger partial charge is 0.168 e. The minimum Gasteiger partial charge on any atom is -0.311 e. The van der Waals surface area contributed by atoms with Gasteiger partial charge < -0.3 is 4.90 Å². The molecular formula is C56H40N4. The molecule has 4 heteroatoms. The van der Waals surface area contributed by atoms with E-state index in [4.69, 9.17) is 5.10 Å². The van der Waals surface area contributed by atoms with Gasteiger partial charge >= 0.3 is 0 Å². The quantitative estimate of drug-likeness (QED) is 0.139. The molecule has 10 rings (SSSR count). The molecule has 0 aliphatic rings. The molecule has 60 heavy (non-hydrogen) atoms. The van der Waals surface area contributed by atoms with Gasteiger partial charge in [0.05, 0.1) is 0 Å². The highest BCUT2D eigenvalue weighted by atomic mass is 15.3. The van der Waals surface area contributed by atoms with Crippen molar-refractivity contribution in [2.45, 2.75) is 0 Å². The summed E-state index contributed by atoms with van der Waals surface area (Å²) in [6.45, 7) is 0. The van der Waals surface area contributed by atoms with Crippen molar-refractivity contribution >= 4 is 17.1 Å². The van der Waals surface area contributed by atoms with Crippen molar-refractivity contribution in [2.24, 2.45) is 0 Å². The van der Waals surface area contributed by atoms with E-state index in [1.165, 1.54) is 27.8 Å². The summed E-state index contributed by atoms with van der Waals surface area (Å²) in [5.41, 5.74) is 15.7. The summed E-state index contributed by atoms with van der Waals surface area (Å²) in [6.07, 6.45) is 0. The van der Waals surface area contributed by atoms with E-state index in [2.05, 4.69) is 221 Å². The van der Waals surface area contributed by atoms with Crippen LogP contribution in [0.4, 0.5) is 17.1 Å². The lowest BCUT2D eigenvalue weighted by Gasteiger charge is -2.26. The fourth-order valence-electron chi connectivity index (χ4n) is 8.05. The summed E-state index contributed by atoms with van der Waals surface area (Å²) in [5, 5.41) is 9.41. The van der Waals surface area contributed by atoms with E-state index in [1.807, 2.05) is 36.4 Å². The number of aromatic nitrogens is 3. The monoisotopic (exact) mass is 768 g/mol. The second-order valence-corrected chi connectivity index (χ2v) is 14.7. The second kappa shape index (κ2) is 16.4. The van der Waals surface area contributed by atoms with Crippen molar-refractivity contribution in [3.8, 4) is 73.0 Å². The van der Waals surface area contributed by atoms with Gasteiger partial charge in [0, 0.05) is 33.9 Å². The first-order chi connectivity index (χ1) is 29.8. The fraction of sp³-hybridized carbons (Fsp3) is 0. The average Bonchev–Trinajstić information content (AvgIpc) is 3.79. The van der Waals surface area contributed by atoms with E-state index < -0.39 is 0 Å². The van der Waals surface area contributed by atoms with Crippen molar-refractivity contribution in [1.82, 2.24) is 14.8 Å². The topological polar surface area (TPSA) is 34.0 Å². The van der Waals surface area contributed by atoms with E-state index in [-0.39, 0.29) is 0 Å². The second-order valence-electron chi connectivity index (χ2n) is 14.7. The Balaban J connectivity index is 0.978. The molecule has 0 unspecified atom stereocenters. The van der Waals surface area contributed by atoms with E-state index in [0.717, 1.165) is 62.2 Å². The molecule has 9 aromatic carbocycles. The lowest BCUT2D eigenvalue weighted by atomic mass is 9.89. The Kier molecular flexibility index (Phi) is 9.92. The molecule has 0 amide bonds. The lowest BCUT2D eigenvalue weighted by Crippen LogP contribution is -2.09. The highest BCUT2D eigenvalue weighted by molar-refractivity contribution is 5.92. The molecule has 0 aliphatic heterocycles. The summed E-state index contributed by atoms with van der Waals surface area (Å²) in [5.74, 6) is 1.60. The first kappa shape index (κ1) is 36.3. The van der Waals surface area contributed by atoms with Gasteiger partial charge in [0.2, 0.25) is 0 Å². The Hall–Kier alpha value is -8.08. The summed E-state index contributed by atoms with van der Waals surface area (Å²) < 4.78 is 2.14. The minimum absolute atomic E-state index is 0.795. The zero-order valence-corrected chi connectivity index (χ0v) is 32.9. The van der Waals surface area contributed by atoms with Crippen LogP contribution in [0.3, 0.4) is 0 Å². The highest BCUT2D eigenvalue weighted by Crippen LogP contribution is 2.41. The van der Waals surface area contributed by atoms with E-state index in [9.17, 15) is 0 Å². The molecule has 0 aliphatic carbocycles. The van der Waals surface area contributed by atoms with Gasteiger partial charge in [0.15, 0.2) is 11.6 Å². The van der Waals surface area contributed by atoms with Crippen molar-refractivity contribution in [3.63, 3.8) is 0 Å². The van der Waals surface area contributed by atoms with Crippen LogP contribution in [-0.2, 0) is 0 Å². The third kappa shape index (κ3) is 7.19. The van der Waals surface area contributed by atoms with Crippen LogP contribution in [0.1, 0.15) is 0 Å². The predicted octanol–water partition coefficient (Wildman–Crippen LogP) is 14.7. The number of hydrogen-bond acceptors (Lipinski definition) is 3. The van der Waals surface area contributed by atoms with Crippen LogP contribution >= 0.6 is 0 Å². The number of hydrogen-bond donors (Lipinski definition) is 0. The molecule has 0 spiro atoms. The molecule has 0 fully saturated rings. The number of rotatable bonds is 10. The highest BCUT2D eigenvalue weighted by Gasteiger charge is 2.19. The molecule has 4 nitrogen and oxygen atoms in total. The standard InChI is InChI=1S/C56H40N4/c1-5-17-41(18-6-1)42-33-37-49(38-34-42)59(47-21-9-3-10-22-47)50-39-35-44(36-40-50)52-26-14-16-28-54(52)53-27-15-13-25-51(53)43-29-31-46(32-30-43)56-58-57-55(45-19-7-2-8-20-45)60(56)48-23-11-4-12-24-48/h1-40H. The van der Waals surface area contributed by atoms with Crippen LogP contribution in [0, 0.1) is 0 Å². The van der Waals surface area contributed by atoms with Gasteiger partial charge in [-0.2, -0.15) is 0 Å². The molecule has 0 saturated heterocycles. The van der Waals surface area contributed by atoms with Crippen LogP contribution < -0.4 is 4.90 Å². The number of anilines is 3. The van der Waals surface area contributed by atoms with Gasteiger partial charge in [-0.25, -0.2) is 0 Å². The largest absolute Gasteiger partial charge is 0.311 e. The van der Waals surface area contributed by atoms with Crippen molar-refractivity contribution in [3.05, 3.63) is 243 Å². The van der Waals surface area contributed by atoms with Crippen LogP contribution in [-0.4, -0.2) is 14.8 Å². The fourth-order valence-corrected chi connectivity index (χ4v) is 8.05. The predicted molar refractivity (Wildman–Crippen MR) is 249 cm³/mol. The van der Waals surface area contributed by atoms with Crippen LogP contribution in [0.15, 0.2) is 243 Å². The van der Waals surface area contributed by atoms with Crippen LogP contribution in [0.5, 0.6) is 0 Å². The summed E-state index contributed by atoms with van der Waals surface area (Å²) in [6, 6.07) is 85.5. The van der Waals surface area contributed by atoms with Gasteiger partial charge in [0.1, 0.15) is 0 Å². The van der Waals surface area contributed by atoms with Crippen molar-refractivity contribution in [1.29, 1.82) is 0 Å². The molecule has 1 aromatic heterocycles. The maximum absolute atomic E-state index is 4.73. The zero-order valence-electron chi connectivity index (χ0n) is 32.9. The van der Waals surface area contributed by atoms with Crippen LogP contribution in [0.2, 0.25) is 0 Å². The third-order valence-corrected chi connectivity index (χ3v) is 11.0. The molecule has 0 N–H and O–H groups in total. The first-order valence-electron chi connectivity index (χ1n) is 20.3. The number of para-hydroxylation sites is 2. The van der Waals surface area contributed by atoms with Gasteiger partial charge in [-0.05, 0) is 93.0 Å². The van der Waals surface area contributed by atoms with E-state index in [0.29, 0.717) is 0 Å². The van der Waals surface area contributed by atoms with Crippen molar-refractivity contribution in [2.75, 3.05) is 4.90 Å². The van der Waals surface area contributed by atoms with Gasteiger partial charge in [0.25, 0.3) is 0 Å². The zero-order chi connectivity index (χ0) is 40.1. The Morgan fingerprint density at radius 3 is 1.07 bits per heavy atom.